The number of ether oxygens (including phenoxy) is 3. The topological polar surface area (TPSA) is 78.9 Å². The van der Waals surface area contributed by atoms with Crippen LogP contribution in [0.15, 0.2) is 48.6 Å². The molecule has 0 rings (SSSR count). The molecule has 0 N–H and O–H groups in total. The van der Waals surface area contributed by atoms with Gasteiger partial charge in [0.1, 0.15) is 13.2 Å². The number of hydrogen-bond acceptors (Lipinski definition) is 6. The fourth-order valence-electron chi connectivity index (χ4n) is 6.70. The fraction of sp³-hybridized carbons (Fsp3) is 0.784. The molecule has 0 aliphatic carbocycles. The van der Waals surface area contributed by atoms with Crippen molar-refractivity contribution < 1.29 is 28.6 Å². The Hall–Kier alpha value is -2.63. The summed E-state index contributed by atoms with van der Waals surface area (Å²) in [6.07, 6.45) is 53.9. The van der Waals surface area contributed by atoms with Crippen LogP contribution in [0.3, 0.4) is 0 Å². The third-order valence-electron chi connectivity index (χ3n) is 10.3. The molecule has 0 aromatic carbocycles. The largest absolute Gasteiger partial charge is 0.462 e. The number of hydrogen-bond donors (Lipinski definition) is 0. The van der Waals surface area contributed by atoms with Gasteiger partial charge in [-0.25, -0.2) is 0 Å². The van der Waals surface area contributed by atoms with E-state index in [1.54, 1.807) is 0 Å². The third-order valence-corrected chi connectivity index (χ3v) is 10.3. The summed E-state index contributed by atoms with van der Waals surface area (Å²) in [5.41, 5.74) is 0. The van der Waals surface area contributed by atoms with E-state index >= 15 is 0 Å². The van der Waals surface area contributed by atoms with E-state index in [1.165, 1.54) is 122 Å². The van der Waals surface area contributed by atoms with Crippen LogP contribution in [0.2, 0.25) is 0 Å². The summed E-state index contributed by atoms with van der Waals surface area (Å²) in [6.45, 7) is 6.46. The molecule has 0 radical (unpaired) electrons. The van der Waals surface area contributed by atoms with E-state index < -0.39 is 6.10 Å². The average molecular weight is 799 g/mol. The van der Waals surface area contributed by atoms with E-state index in [1.807, 2.05) is 0 Å². The Balaban J connectivity index is 4.40. The molecule has 57 heavy (non-hydrogen) atoms. The van der Waals surface area contributed by atoms with Crippen molar-refractivity contribution in [2.75, 3.05) is 13.2 Å². The maximum absolute atomic E-state index is 12.7. The first kappa shape index (κ1) is 54.4. The quantitative estimate of drug-likeness (QED) is 0.0265. The predicted molar refractivity (Wildman–Crippen MR) is 242 cm³/mol. The SMILES string of the molecule is CC/C=C\C/C=C\C/C=C\CCCC(=O)OCC(COC(=O)CCCCCCC/C=C\CCCCCCCCC)OC(=O)CCCCCCCCCCCCCC. The van der Waals surface area contributed by atoms with Crippen molar-refractivity contribution in [1.82, 2.24) is 0 Å². The van der Waals surface area contributed by atoms with Crippen molar-refractivity contribution in [3.8, 4) is 0 Å². The highest BCUT2D eigenvalue weighted by atomic mass is 16.6. The second kappa shape index (κ2) is 46.1. The molecule has 6 heteroatoms. The fourth-order valence-corrected chi connectivity index (χ4v) is 6.70. The molecule has 6 nitrogen and oxygen atoms in total. The van der Waals surface area contributed by atoms with Crippen LogP contribution >= 0.6 is 0 Å². The maximum atomic E-state index is 12.7. The number of esters is 3. The van der Waals surface area contributed by atoms with E-state index in [4.69, 9.17) is 14.2 Å². The van der Waals surface area contributed by atoms with Crippen molar-refractivity contribution in [3.63, 3.8) is 0 Å². The minimum absolute atomic E-state index is 0.0913. The monoisotopic (exact) mass is 799 g/mol. The predicted octanol–water partition coefficient (Wildman–Crippen LogP) is 15.5. The van der Waals surface area contributed by atoms with Crippen LogP contribution in [-0.2, 0) is 28.6 Å². The molecule has 0 heterocycles. The Morgan fingerprint density at radius 2 is 0.702 bits per heavy atom. The molecule has 0 saturated carbocycles. The summed E-state index contributed by atoms with van der Waals surface area (Å²) in [5, 5.41) is 0. The lowest BCUT2D eigenvalue weighted by atomic mass is 10.0. The molecule has 0 aromatic rings. The standard InChI is InChI=1S/C51H90O6/c1-4-7-10-13-16-19-22-24-25-26-27-30-32-35-38-41-44-50(53)56-47-48(46-55-49(52)43-40-37-34-31-28-21-18-15-12-9-6-3)57-51(54)45-42-39-36-33-29-23-20-17-14-11-8-5-2/h9,12,18,21,25-26,31,34,48H,4-8,10-11,13-17,19-20,22-24,27-30,32-33,35-47H2,1-3H3/b12-9-,21-18-,26-25-,34-31-. The Kier molecular flexibility index (Phi) is 43.9. The van der Waals surface area contributed by atoms with Crippen LogP contribution in [0.5, 0.6) is 0 Å². The first-order valence-electron chi connectivity index (χ1n) is 24.1. The van der Waals surface area contributed by atoms with Crippen LogP contribution in [0, 0.1) is 0 Å². The first-order valence-corrected chi connectivity index (χ1v) is 24.1. The molecular weight excluding hydrogens is 709 g/mol. The Morgan fingerprint density at radius 3 is 1.16 bits per heavy atom. The van der Waals surface area contributed by atoms with Gasteiger partial charge in [0.25, 0.3) is 0 Å². The van der Waals surface area contributed by atoms with Crippen molar-refractivity contribution in [3.05, 3.63) is 48.6 Å². The van der Waals surface area contributed by atoms with Gasteiger partial charge in [-0.3, -0.25) is 14.4 Å². The Bertz CT molecular complexity index is 1010. The molecule has 0 amide bonds. The normalized spacial score (nSPS) is 12.4. The molecule has 1 unspecified atom stereocenters. The summed E-state index contributed by atoms with van der Waals surface area (Å²) in [4.78, 5) is 37.8. The number of allylic oxidation sites excluding steroid dienone is 8. The molecule has 330 valence electrons. The number of carbonyl (C=O) groups excluding carboxylic acids is 3. The van der Waals surface area contributed by atoms with Gasteiger partial charge in [-0.15, -0.1) is 0 Å². The van der Waals surface area contributed by atoms with E-state index in [0.717, 1.165) is 70.6 Å². The lowest BCUT2D eigenvalue weighted by molar-refractivity contribution is -0.167. The molecule has 0 saturated heterocycles. The molecule has 1 atom stereocenters. The van der Waals surface area contributed by atoms with Gasteiger partial charge in [-0.05, 0) is 70.6 Å². The van der Waals surface area contributed by atoms with Crippen LogP contribution in [0.1, 0.15) is 239 Å². The maximum Gasteiger partial charge on any atom is 0.306 e. The summed E-state index contributed by atoms with van der Waals surface area (Å²) in [6, 6.07) is 0. The summed E-state index contributed by atoms with van der Waals surface area (Å²) < 4.78 is 16.7. The third kappa shape index (κ3) is 44.3. The number of rotatable bonds is 43. The lowest BCUT2D eigenvalue weighted by Gasteiger charge is -2.18. The Labute approximate surface area is 352 Å². The van der Waals surface area contributed by atoms with Gasteiger partial charge < -0.3 is 14.2 Å². The highest BCUT2D eigenvalue weighted by Gasteiger charge is 2.19. The average Bonchev–Trinajstić information content (AvgIpc) is 3.21. The summed E-state index contributed by atoms with van der Waals surface area (Å²) in [5.74, 6) is -0.953. The number of unbranched alkanes of at least 4 members (excludes halogenated alkanes) is 24. The molecule has 0 aliphatic rings. The highest BCUT2D eigenvalue weighted by molar-refractivity contribution is 5.71. The van der Waals surface area contributed by atoms with Crippen molar-refractivity contribution >= 4 is 17.9 Å². The van der Waals surface area contributed by atoms with E-state index in [2.05, 4.69) is 69.4 Å². The minimum Gasteiger partial charge on any atom is -0.462 e. The molecule has 0 spiro atoms. The molecule has 0 aliphatic heterocycles. The van der Waals surface area contributed by atoms with Crippen LogP contribution < -0.4 is 0 Å². The second-order valence-corrected chi connectivity index (χ2v) is 16.0. The highest BCUT2D eigenvalue weighted by Crippen LogP contribution is 2.14. The van der Waals surface area contributed by atoms with E-state index in [0.29, 0.717) is 19.3 Å². The van der Waals surface area contributed by atoms with Crippen molar-refractivity contribution in [2.24, 2.45) is 0 Å². The van der Waals surface area contributed by atoms with Gasteiger partial charge in [0, 0.05) is 19.3 Å². The molecular formula is C51H90O6. The zero-order chi connectivity index (χ0) is 41.5. The van der Waals surface area contributed by atoms with Gasteiger partial charge in [0.15, 0.2) is 6.10 Å². The smallest absolute Gasteiger partial charge is 0.306 e. The first-order chi connectivity index (χ1) is 28.0. The van der Waals surface area contributed by atoms with Gasteiger partial charge in [0.05, 0.1) is 0 Å². The van der Waals surface area contributed by atoms with Crippen LogP contribution in [0.25, 0.3) is 0 Å². The zero-order valence-electron chi connectivity index (χ0n) is 37.6. The Morgan fingerprint density at radius 1 is 0.368 bits per heavy atom. The molecule has 0 bridgehead atoms. The number of carbonyl (C=O) groups is 3. The molecule has 0 aromatic heterocycles. The minimum atomic E-state index is -0.791. The van der Waals surface area contributed by atoms with Crippen molar-refractivity contribution in [1.29, 1.82) is 0 Å². The van der Waals surface area contributed by atoms with Crippen LogP contribution in [0.4, 0.5) is 0 Å². The summed E-state index contributed by atoms with van der Waals surface area (Å²) in [7, 11) is 0. The zero-order valence-corrected chi connectivity index (χ0v) is 37.6. The van der Waals surface area contributed by atoms with E-state index in [9.17, 15) is 14.4 Å². The molecule has 0 fully saturated rings. The van der Waals surface area contributed by atoms with Gasteiger partial charge in [0.2, 0.25) is 0 Å². The van der Waals surface area contributed by atoms with Gasteiger partial charge >= 0.3 is 17.9 Å². The van der Waals surface area contributed by atoms with Gasteiger partial charge in [-0.1, -0.05) is 198 Å². The summed E-state index contributed by atoms with van der Waals surface area (Å²) >= 11 is 0. The second-order valence-electron chi connectivity index (χ2n) is 16.0. The van der Waals surface area contributed by atoms with Crippen molar-refractivity contribution in [2.45, 2.75) is 245 Å². The van der Waals surface area contributed by atoms with E-state index in [-0.39, 0.29) is 37.5 Å². The lowest BCUT2D eigenvalue weighted by Crippen LogP contribution is -2.30. The van der Waals surface area contributed by atoms with Gasteiger partial charge in [-0.2, -0.15) is 0 Å². The van der Waals surface area contributed by atoms with Crippen LogP contribution in [-0.4, -0.2) is 37.2 Å².